The molecule has 5 heterocycles. The lowest BCUT2D eigenvalue weighted by Gasteiger charge is -2.30. The molecule has 2 fully saturated rings. The number of thioether (sulfide) groups is 1. The van der Waals surface area contributed by atoms with E-state index in [1.807, 2.05) is 36.6 Å². The van der Waals surface area contributed by atoms with E-state index >= 15 is 0 Å². The molecule has 11 heteroatoms. The van der Waals surface area contributed by atoms with Crippen molar-refractivity contribution in [2.75, 3.05) is 31.2 Å². The summed E-state index contributed by atoms with van der Waals surface area (Å²) in [5.74, 6) is -1.70. The van der Waals surface area contributed by atoms with Gasteiger partial charge in [0.1, 0.15) is 11.8 Å². The van der Waals surface area contributed by atoms with Crippen LogP contribution in [0.4, 0.5) is 5.69 Å². The molecule has 186 valence electrons. The minimum absolute atomic E-state index is 0.0873. The van der Waals surface area contributed by atoms with Crippen molar-refractivity contribution in [3.05, 3.63) is 66.8 Å². The van der Waals surface area contributed by atoms with E-state index in [9.17, 15) is 19.2 Å². The van der Waals surface area contributed by atoms with Crippen LogP contribution in [-0.2, 0) is 25.7 Å². The molecule has 3 amide bonds. The summed E-state index contributed by atoms with van der Waals surface area (Å²) in [6, 6.07) is 11.2. The number of aromatic nitrogens is 1. The molecular formula is C25H23N3O5S3. The van der Waals surface area contributed by atoms with Gasteiger partial charge in [-0.3, -0.25) is 23.7 Å². The van der Waals surface area contributed by atoms with E-state index in [1.54, 1.807) is 17.0 Å². The average Bonchev–Trinajstić information content (AvgIpc) is 3.58. The Bertz CT molecular complexity index is 1390. The number of morpholine rings is 1. The van der Waals surface area contributed by atoms with Gasteiger partial charge in [0.15, 0.2) is 0 Å². The Morgan fingerprint density at radius 3 is 2.50 bits per heavy atom. The van der Waals surface area contributed by atoms with Crippen LogP contribution in [0.3, 0.4) is 0 Å². The molecule has 6 rings (SSSR count). The number of aryl methyl sites for hydroxylation is 1. The van der Waals surface area contributed by atoms with Crippen LogP contribution in [0.5, 0.6) is 0 Å². The van der Waals surface area contributed by atoms with Gasteiger partial charge in [-0.05, 0) is 30.5 Å². The largest absolute Gasteiger partial charge is 0.378 e. The molecule has 0 spiro atoms. The van der Waals surface area contributed by atoms with Crippen LogP contribution < -0.4 is 9.77 Å². The van der Waals surface area contributed by atoms with Crippen molar-refractivity contribution in [1.29, 1.82) is 0 Å². The van der Waals surface area contributed by atoms with E-state index in [0.717, 1.165) is 26.7 Å². The summed E-state index contributed by atoms with van der Waals surface area (Å²) in [6.07, 6.45) is 0. The summed E-state index contributed by atoms with van der Waals surface area (Å²) in [4.78, 5) is 58.0. The molecule has 3 aromatic rings. The quantitative estimate of drug-likeness (QED) is 0.472. The standard InChI is InChI=1S/C25H23N3O5S3/c1-14-4-6-15(7-5-14)28-22(30)19-18(16-3-2-12-34-16)21-24(35-20(19)23(28)31)27(25(32)36-21)13-17(29)26-8-10-33-11-9-26/h2-7,12,18-20H,8-11,13H2,1H3/t18-,19?,20?/m0/s1. The fourth-order valence-corrected chi connectivity index (χ4v) is 8.75. The van der Waals surface area contributed by atoms with E-state index < -0.39 is 17.1 Å². The van der Waals surface area contributed by atoms with Crippen molar-refractivity contribution >= 4 is 57.8 Å². The summed E-state index contributed by atoms with van der Waals surface area (Å²) in [7, 11) is 0. The highest BCUT2D eigenvalue weighted by atomic mass is 32.2. The molecule has 0 radical (unpaired) electrons. The van der Waals surface area contributed by atoms with Gasteiger partial charge in [0.2, 0.25) is 17.7 Å². The van der Waals surface area contributed by atoms with Gasteiger partial charge in [-0.1, -0.05) is 46.9 Å². The molecule has 3 atom stereocenters. The lowest BCUT2D eigenvalue weighted by Crippen LogP contribution is -2.43. The first kappa shape index (κ1) is 23.7. The molecule has 8 nitrogen and oxygen atoms in total. The van der Waals surface area contributed by atoms with Crippen molar-refractivity contribution < 1.29 is 19.1 Å². The van der Waals surface area contributed by atoms with Gasteiger partial charge in [0, 0.05) is 28.8 Å². The number of imide groups is 1. The van der Waals surface area contributed by atoms with E-state index in [0.29, 0.717) is 37.0 Å². The number of amides is 3. The number of hydrogen-bond donors (Lipinski definition) is 0. The second-order valence-corrected chi connectivity index (χ2v) is 12.1. The summed E-state index contributed by atoms with van der Waals surface area (Å²) >= 11 is 3.84. The molecule has 0 bridgehead atoms. The first-order valence-corrected chi connectivity index (χ1v) is 14.2. The first-order chi connectivity index (χ1) is 17.4. The van der Waals surface area contributed by atoms with E-state index in [-0.39, 0.29) is 29.1 Å². The molecule has 0 N–H and O–H groups in total. The van der Waals surface area contributed by atoms with Gasteiger partial charge in [-0.2, -0.15) is 0 Å². The van der Waals surface area contributed by atoms with Crippen LogP contribution in [0, 0.1) is 12.8 Å². The van der Waals surface area contributed by atoms with Crippen LogP contribution in [0.15, 0.2) is 51.6 Å². The fraction of sp³-hybridized carbons (Fsp3) is 0.360. The number of rotatable bonds is 4. The first-order valence-electron chi connectivity index (χ1n) is 11.7. The summed E-state index contributed by atoms with van der Waals surface area (Å²) in [5.41, 5.74) is 1.59. The molecule has 3 aliphatic heterocycles. The Hall–Kier alpha value is -2.73. The summed E-state index contributed by atoms with van der Waals surface area (Å²) in [6.45, 7) is 3.81. The number of nitrogens with zero attached hydrogens (tertiary/aromatic N) is 3. The molecule has 2 saturated heterocycles. The third kappa shape index (κ3) is 3.85. The van der Waals surface area contributed by atoms with Gasteiger partial charge in [0.25, 0.3) is 0 Å². The minimum Gasteiger partial charge on any atom is -0.378 e. The highest BCUT2D eigenvalue weighted by Gasteiger charge is 2.57. The normalized spacial score (nSPS) is 23.6. The van der Waals surface area contributed by atoms with Gasteiger partial charge >= 0.3 is 4.87 Å². The summed E-state index contributed by atoms with van der Waals surface area (Å²) < 4.78 is 6.83. The number of fused-ring (bicyclic) bond motifs is 2. The number of carbonyl (C=O) groups excluding carboxylic acids is 3. The highest BCUT2D eigenvalue weighted by Crippen LogP contribution is 2.54. The molecule has 3 aliphatic rings. The second-order valence-electron chi connectivity index (χ2n) is 9.02. The Morgan fingerprint density at radius 1 is 1.06 bits per heavy atom. The highest BCUT2D eigenvalue weighted by molar-refractivity contribution is 8.00. The second kappa shape index (κ2) is 9.29. The number of benzene rings is 1. The number of carbonyl (C=O) groups is 3. The van der Waals surface area contributed by atoms with Crippen molar-refractivity contribution in [2.45, 2.75) is 29.7 Å². The van der Waals surface area contributed by atoms with Crippen LogP contribution in [0.1, 0.15) is 21.2 Å². The molecule has 2 aromatic heterocycles. The average molecular weight is 542 g/mol. The molecule has 0 saturated carbocycles. The lowest BCUT2D eigenvalue weighted by atomic mass is 9.87. The van der Waals surface area contributed by atoms with Crippen LogP contribution in [0.25, 0.3) is 0 Å². The number of ether oxygens (including phenoxy) is 1. The van der Waals surface area contributed by atoms with E-state index in [4.69, 9.17) is 4.74 Å². The third-order valence-corrected chi connectivity index (χ3v) is 10.4. The van der Waals surface area contributed by atoms with Crippen LogP contribution >= 0.6 is 34.4 Å². The monoisotopic (exact) mass is 541 g/mol. The number of thiophene rings is 1. The molecule has 2 unspecified atom stereocenters. The predicted octanol–water partition coefficient (Wildman–Crippen LogP) is 2.93. The third-order valence-electron chi connectivity index (χ3n) is 6.85. The van der Waals surface area contributed by atoms with Crippen molar-refractivity contribution in [3.63, 3.8) is 0 Å². The minimum atomic E-state index is -0.669. The molecule has 36 heavy (non-hydrogen) atoms. The van der Waals surface area contributed by atoms with Crippen molar-refractivity contribution in [3.8, 4) is 0 Å². The van der Waals surface area contributed by atoms with Gasteiger partial charge in [-0.25, -0.2) is 4.90 Å². The molecule has 1 aromatic carbocycles. The Labute approximate surface area is 219 Å². The Kier molecular flexibility index (Phi) is 6.11. The van der Waals surface area contributed by atoms with Gasteiger partial charge in [0.05, 0.1) is 29.8 Å². The van der Waals surface area contributed by atoms with Crippen molar-refractivity contribution in [1.82, 2.24) is 9.47 Å². The van der Waals surface area contributed by atoms with E-state index in [1.165, 1.54) is 32.6 Å². The van der Waals surface area contributed by atoms with Crippen molar-refractivity contribution in [2.24, 2.45) is 5.92 Å². The number of thiazole rings is 1. The topological polar surface area (TPSA) is 88.9 Å². The van der Waals surface area contributed by atoms with Gasteiger partial charge < -0.3 is 9.64 Å². The maximum atomic E-state index is 13.8. The maximum absolute atomic E-state index is 13.8. The molecular weight excluding hydrogens is 518 g/mol. The number of hydrogen-bond acceptors (Lipinski definition) is 8. The fourth-order valence-electron chi connectivity index (χ4n) is 5.03. The zero-order valence-electron chi connectivity index (χ0n) is 19.4. The lowest BCUT2D eigenvalue weighted by molar-refractivity contribution is -0.136. The van der Waals surface area contributed by atoms with Gasteiger partial charge in [-0.15, -0.1) is 11.3 Å². The van der Waals surface area contributed by atoms with E-state index in [2.05, 4.69) is 0 Å². The zero-order chi connectivity index (χ0) is 25.0. The maximum Gasteiger partial charge on any atom is 0.308 e. The predicted molar refractivity (Wildman–Crippen MR) is 139 cm³/mol. The van der Waals surface area contributed by atoms with Crippen LogP contribution in [-0.4, -0.2) is 58.7 Å². The SMILES string of the molecule is Cc1ccc(N2C(=O)C3Sc4c(sc(=O)n4CC(=O)N4CCOCC4)[C@@H](c4cccs4)C3C2=O)cc1. The molecule has 0 aliphatic carbocycles. The zero-order valence-corrected chi connectivity index (χ0v) is 21.9. The Morgan fingerprint density at radius 2 is 1.81 bits per heavy atom. The smallest absolute Gasteiger partial charge is 0.308 e. The summed E-state index contributed by atoms with van der Waals surface area (Å²) in [5, 5.41) is 1.89. The van der Waals surface area contributed by atoms with Crippen LogP contribution in [0.2, 0.25) is 0 Å². The Balaban J connectivity index is 1.41. The number of anilines is 1.